The van der Waals surface area contributed by atoms with Crippen molar-refractivity contribution in [1.82, 2.24) is 4.90 Å². The van der Waals surface area contributed by atoms with Crippen LogP contribution < -0.4 is 0 Å². The van der Waals surface area contributed by atoms with Crippen LogP contribution in [0.1, 0.15) is 32.8 Å². The SMILES string of the molecule is CC(C)(C)OC(=O)N1CCC(CS(=O)(=O)Cl)(c2ccccc2)C1. The molecule has 1 unspecified atom stereocenters. The van der Waals surface area contributed by atoms with Gasteiger partial charge in [0.2, 0.25) is 9.05 Å². The molecule has 1 aromatic rings. The van der Waals surface area contributed by atoms with E-state index in [1.165, 1.54) is 0 Å². The molecule has 7 heteroatoms. The third kappa shape index (κ3) is 4.85. The van der Waals surface area contributed by atoms with Gasteiger partial charge >= 0.3 is 6.09 Å². The standard InChI is InChI=1S/C16H22ClNO4S/c1-15(2,3)22-14(19)18-10-9-16(11-18,12-23(17,20)21)13-7-5-4-6-8-13/h4-8H,9-12H2,1-3H3. The number of carbonyl (C=O) groups is 1. The van der Waals surface area contributed by atoms with Crippen LogP contribution >= 0.6 is 10.7 Å². The zero-order chi connectivity index (χ0) is 17.3. The van der Waals surface area contributed by atoms with Crippen molar-refractivity contribution in [3.63, 3.8) is 0 Å². The summed E-state index contributed by atoms with van der Waals surface area (Å²) in [5, 5.41) is 0. The van der Waals surface area contributed by atoms with E-state index in [1.807, 2.05) is 30.3 Å². The summed E-state index contributed by atoms with van der Waals surface area (Å²) in [5.74, 6) is -0.204. The van der Waals surface area contributed by atoms with Crippen molar-refractivity contribution >= 4 is 25.8 Å². The molecule has 2 rings (SSSR count). The minimum Gasteiger partial charge on any atom is -0.444 e. The van der Waals surface area contributed by atoms with E-state index in [0.717, 1.165) is 5.56 Å². The Bertz CT molecular complexity index is 669. The molecule has 1 atom stereocenters. The summed E-state index contributed by atoms with van der Waals surface area (Å²) in [7, 11) is 1.82. The summed E-state index contributed by atoms with van der Waals surface area (Å²) in [6, 6.07) is 9.33. The first-order chi connectivity index (χ1) is 10.5. The Hall–Kier alpha value is -1.27. The lowest BCUT2D eigenvalue weighted by atomic mass is 9.81. The molecule has 1 saturated heterocycles. The summed E-state index contributed by atoms with van der Waals surface area (Å²) in [6.45, 7) is 6.12. The second-order valence-electron chi connectivity index (χ2n) is 6.98. The Morgan fingerprint density at radius 2 is 1.91 bits per heavy atom. The highest BCUT2D eigenvalue weighted by Gasteiger charge is 2.45. The summed E-state index contributed by atoms with van der Waals surface area (Å²) in [5.41, 5.74) is -0.415. The van der Waals surface area contributed by atoms with E-state index in [2.05, 4.69) is 0 Å². The van der Waals surface area contributed by atoms with Crippen molar-refractivity contribution in [2.45, 2.75) is 38.2 Å². The molecule has 0 saturated carbocycles. The first-order valence-corrected chi connectivity index (χ1v) is 9.94. The van der Waals surface area contributed by atoms with Crippen LogP contribution in [0.4, 0.5) is 4.79 Å². The van der Waals surface area contributed by atoms with Crippen LogP contribution in [0.25, 0.3) is 0 Å². The maximum Gasteiger partial charge on any atom is 0.410 e. The minimum atomic E-state index is -3.70. The van der Waals surface area contributed by atoms with E-state index in [1.54, 1.807) is 25.7 Å². The van der Waals surface area contributed by atoms with E-state index in [-0.39, 0.29) is 12.3 Å². The van der Waals surface area contributed by atoms with Gasteiger partial charge in [-0.05, 0) is 32.8 Å². The average Bonchev–Trinajstić information content (AvgIpc) is 2.81. The number of nitrogens with zero attached hydrogens (tertiary/aromatic N) is 1. The molecule has 1 aliphatic heterocycles. The Balaban J connectivity index is 2.27. The zero-order valence-electron chi connectivity index (χ0n) is 13.6. The van der Waals surface area contributed by atoms with Crippen LogP contribution in [-0.4, -0.2) is 43.9 Å². The van der Waals surface area contributed by atoms with Crippen LogP contribution in [0.5, 0.6) is 0 Å². The van der Waals surface area contributed by atoms with E-state index in [4.69, 9.17) is 15.4 Å². The molecule has 0 bridgehead atoms. The molecule has 1 aliphatic rings. The molecule has 1 heterocycles. The van der Waals surface area contributed by atoms with Gasteiger partial charge in [0, 0.05) is 29.2 Å². The van der Waals surface area contributed by atoms with E-state index in [0.29, 0.717) is 13.0 Å². The van der Waals surface area contributed by atoms with E-state index in [9.17, 15) is 13.2 Å². The van der Waals surface area contributed by atoms with Gasteiger partial charge < -0.3 is 9.64 Å². The van der Waals surface area contributed by atoms with Crippen LogP contribution in [-0.2, 0) is 19.2 Å². The zero-order valence-corrected chi connectivity index (χ0v) is 15.2. The third-order valence-corrected chi connectivity index (χ3v) is 5.07. The van der Waals surface area contributed by atoms with Crippen molar-refractivity contribution in [3.05, 3.63) is 35.9 Å². The molecule has 0 aliphatic carbocycles. The normalized spacial score (nSPS) is 22.2. The molecule has 5 nitrogen and oxygen atoms in total. The Labute approximate surface area is 142 Å². The molecular formula is C16H22ClNO4S. The lowest BCUT2D eigenvalue weighted by Crippen LogP contribution is -2.40. The van der Waals surface area contributed by atoms with Gasteiger partial charge in [0.05, 0.1) is 5.75 Å². The van der Waals surface area contributed by atoms with Gasteiger partial charge in [-0.3, -0.25) is 0 Å². The van der Waals surface area contributed by atoms with Gasteiger partial charge in [-0.15, -0.1) is 0 Å². The Morgan fingerprint density at radius 3 is 2.43 bits per heavy atom. The van der Waals surface area contributed by atoms with E-state index >= 15 is 0 Å². The number of ether oxygens (including phenoxy) is 1. The van der Waals surface area contributed by atoms with Crippen LogP contribution in [0.15, 0.2) is 30.3 Å². The minimum absolute atomic E-state index is 0.204. The van der Waals surface area contributed by atoms with Crippen molar-refractivity contribution < 1.29 is 17.9 Å². The lowest BCUT2D eigenvalue weighted by Gasteiger charge is -2.29. The number of carbonyl (C=O) groups excluding carboxylic acids is 1. The molecule has 1 fully saturated rings. The van der Waals surface area contributed by atoms with Crippen LogP contribution in [0.3, 0.4) is 0 Å². The highest BCUT2D eigenvalue weighted by atomic mass is 35.7. The molecule has 0 aromatic heterocycles. The molecule has 0 radical (unpaired) electrons. The van der Waals surface area contributed by atoms with Gasteiger partial charge in [0.1, 0.15) is 5.60 Å². The predicted molar refractivity (Wildman–Crippen MR) is 90.2 cm³/mol. The fourth-order valence-corrected chi connectivity index (χ4v) is 4.60. The number of likely N-dealkylation sites (tertiary alicyclic amines) is 1. The van der Waals surface area contributed by atoms with Gasteiger partial charge in [0.15, 0.2) is 0 Å². The van der Waals surface area contributed by atoms with E-state index < -0.39 is 26.2 Å². The molecular weight excluding hydrogens is 338 g/mol. The van der Waals surface area contributed by atoms with Crippen molar-refractivity contribution in [2.75, 3.05) is 18.8 Å². The monoisotopic (exact) mass is 359 g/mol. The van der Waals surface area contributed by atoms with Crippen LogP contribution in [0, 0.1) is 0 Å². The molecule has 0 spiro atoms. The smallest absolute Gasteiger partial charge is 0.410 e. The molecule has 1 aromatic carbocycles. The Morgan fingerprint density at radius 1 is 1.30 bits per heavy atom. The first-order valence-electron chi connectivity index (χ1n) is 7.47. The molecule has 0 N–H and O–H groups in total. The second kappa shape index (κ2) is 6.32. The molecule has 23 heavy (non-hydrogen) atoms. The topological polar surface area (TPSA) is 63.7 Å². The van der Waals surface area contributed by atoms with Crippen LogP contribution in [0.2, 0.25) is 0 Å². The van der Waals surface area contributed by atoms with Crippen molar-refractivity contribution in [1.29, 1.82) is 0 Å². The highest BCUT2D eigenvalue weighted by molar-refractivity contribution is 8.13. The summed E-state index contributed by atoms with van der Waals surface area (Å²) in [4.78, 5) is 13.8. The van der Waals surface area contributed by atoms with Gasteiger partial charge in [0.25, 0.3) is 0 Å². The maximum absolute atomic E-state index is 12.3. The van der Waals surface area contributed by atoms with Crippen molar-refractivity contribution in [3.8, 4) is 0 Å². The molecule has 1 amide bonds. The summed E-state index contributed by atoms with van der Waals surface area (Å²) < 4.78 is 28.8. The number of benzene rings is 1. The number of amides is 1. The fraction of sp³-hybridized carbons (Fsp3) is 0.562. The van der Waals surface area contributed by atoms with Gasteiger partial charge in [-0.25, -0.2) is 13.2 Å². The number of hydrogen-bond acceptors (Lipinski definition) is 4. The van der Waals surface area contributed by atoms with Crippen molar-refractivity contribution in [2.24, 2.45) is 0 Å². The highest BCUT2D eigenvalue weighted by Crippen LogP contribution is 2.37. The Kier molecular flexibility index (Phi) is 4.97. The largest absolute Gasteiger partial charge is 0.444 e. The quantitative estimate of drug-likeness (QED) is 0.778. The van der Waals surface area contributed by atoms with Gasteiger partial charge in [-0.1, -0.05) is 30.3 Å². The number of hydrogen-bond donors (Lipinski definition) is 0. The summed E-state index contributed by atoms with van der Waals surface area (Å²) in [6.07, 6.45) is 0.102. The third-order valence-electron chi connectivity index (χ3n) is 3.84. The first kappa shape index (κ1) is 18.1. The predicted octanol–water partition coefficient (Wildman–Crippen LogP) is 3.13. The number of halogens is 1. The second-order valence-corrected chi connectivity index (χ2v) is 9.76. The maximum atomic E-state index is 12.3. The van der Waals surface area contributed by atoms with Gasteiger partial charge in [-0.2, -0.15) is 0 Å². The summed E-state index contributed by atoms with van der Waals surface area (Å²) >= 11 is 0. The number of rotatable bonds is 3. The fourth-order valence-electron chi connectivity index (χ4n) is 2.91. The average molecular weight is 360 g/mol. The molecule has 128 valence electrons. The lowest BCUT2D eigenvalue weighted by molar-refractivity contribution is 0.0285.